The Hall–Kier alpha value is -3.75. The van der Waals surface area contributed by atoms with Crippen LogP contribution in [0, 0.1) is 11.3 Å². The van der Waals surface area contributed by atoms with E-state index >= 15 is 0 Å². The molecule has 1 spiro atoms. The summed E-state index contributed by atoms with van der Waals surface area (Å²) in [6, 6.07) is 8.27. The molecule has 1 N–H and O–H groups in total. The number of aromatic nitrogens is 2. The number of H-pyrrole nitrogens is 1. The van der Waals surface area contributed by atoms with E-state index in [-0.39, 0.29) is 29.3 Å². The first-order valence-electron chi connectivity index (χ1n) is 18.2. The molecule has 0 saturated carbocycles. The van der Waals surface area contributed by atoms with Crippen LogP contribution in [-0.4, -0.2) is 75.6 Å². The molecular weight excluding hydrogens is 600 g/mol. The Morgan fingerprint density at radius 2 is 1.73 bits per heavy atom. The summed E-state index contributed by atoms with van der Waals surface area (Å²) >= 11 is 0. The average molecular weight is 649 g/mol. The lowest BCUT2D eigenvalue weighted by molar-refractivity contribution is -0.168. The van der Waals surface area contributed by atoms with Gasteiger partial charge in [0.1, 0.15) is 5.60 Å². The van der Waals surface area contributed by atoms with Gasteiger partial charge in [0.05, 0.1) is 22.8 Å². The molecule has 8 rings (SSSR count). The van der Waals surface area contributed by atoms with Gasteiger partial charge in [-0.25, -0.2) is 0 Å². The Kier molecular flexibility index (Phi) is 8.28. The van der Waals surface area contributed by atoms with Crippen LogP contribution in [-0.2, 0) is 14.3 Å². The first-order valence-corrected chi connectivity index (χ1v) is 18.2. The van der Waals surface area contributed by atoms with Crippen LogP contribution >= 0.6 is 0 Å². The van der Waals surface area contributed by atoms with Crippen molar-refractivity contribution >= 4 is 39.3 Å². The molecule has 5 aliphatic rings. The van der Waals surface area contributed by atoms with Gasteiger partial charge < -0.3 is 19.4 Å². The third-order valence-electron chi connectivity index (χ3n) is 11.8. The number of fused-ring (bicyclic) bond motifs is 5. The predicted octanol–water partition coefficient (Wildman–Crippen LogP) is 7.35. The molecule has 0 radical (unpaired) electrons. The molecule has 48 heavy (non-hydrogen) atoms. The molecule has 1 aliphatic carbocycles. The first-order chi connectivity index (χ1) is 23.4. The minimum atomic E-state index is -0.806. The van der Waals surface area contributed by atoms with E-state index in [2.05, 4.69) is 51.2 Å². The zero-order chi connectivity index (χ0) is 32.9. The SMILES string of the molecule is CC(=O)Oc1cccc2c1[nH]c1c(C3=C[C@]4(OC(C)=O)CC/C=C\CCCCN5CC[C@H]3[C@@]3(C[C@H]6/C=C\CCCCN6[C@H]34)C5)nccc12. The normalized spacial score (nSPS) is 33.6. The van der Waals surface area contributed by atoms with Gasteiger partial charge in [0, 0.05) is 48.8 Å². The fraction of sp³-hybridized carbons (Fsp3) is 0.525. The number of hydrogen-bond acceptors (Lipinski definition) is 7. The van der Waals surface area contributed by atoms with E-state index in [9.17, 15) is 9.59 Å². The van der Waals surface area contributed by atoms with Crippen molar-refractivity contribution in [3.63, 3.8) is 0 Å². The standard InChI is InChI=1S/C40H48N4O4/c1-27(45)47-34-16-13-15-30-31-17-20-41-36(37(31)42-35(30)34)32-25-40(48-28(2)46)19-10-6-3-4-7-11-21-43-23-18-33(32)39(26-43)24-29-14-9-5-8-12-22-44(29)38(39)40/h3,6,9,13-17,20,25,29,33,38,42H,4-5,7-8,10-12,18-19,21-24,26H2,1-2H3/b6-3-,14-9-/t29-,33-,38-,39-,40-/m1/s1. The number of pyridine rings is 1. The highest BCUT2D eigenvalue weighted by molar-refractivity contribution is 6.11. The Morgan fingerprint density at radius 3 is 2.58 bits per heavy atom. The van der Waals surface area contributed by atoms with Gasteiger partial charge in [-0.2, -0.15) is 0 Å². The molecule has 8 heteroatoms. The smallest absolute Gasteiger partial charge is 0.308 e. The topological polar surface area (TPSA) is 87.8 Å². The molecule has 252 valence electrons. The van der Waals surface area contributed by atoms with Crippen molar-refractivity contribution in [2.75, 3.05) is 26.2 Å². The number of carbonyl (C=O) groups excluding carboxylic acids is 2. The second-order valence-corrected chi connectivity index (χ2v) is 14.8. The minimum absolute atomic E-state index is 0.0739. The van der Waals surface area contributed by atoms with Crippen LogP contribution in [0.15, 0.2) is 60.8 Å². The van der Waals surface area contributed by atoms with Gasteiger partial charge in [0.15, 0.2) is 5.75 Å². The molecule has 1 aromatic carbocycles. The van der Waals surface area contributed by atoms with Gasteiger partial charge in [-0.3, -0.25) is 19.5 Å². The van der Waals surface area contributed by atoms with Crippen molar-refractivity contribution in [3.8, 4) is 5.75 Å². The Bertz CT molecular complexity index is 1820. The number of ether oxygens (including phenoxy) is 2. The maximum absolute atomic E-state index is 13.3. The van der Waals surface area contributed by atoms with Crippen molar-refractivity contribution in [2.24, 2.45) is 11.3 Å². The zero-order valence-corrected chi connectivity index (χ0v) is 28.4. The molecule has 1 unspecified atom stereocenters. The number of carbonyl (C=O) groups is 2. The number of para-hydroxylation sites is 1. The van der Waals surface area contributed by atoms with Crippen molar-refractivity contribution in [1.29, 1.82) is 0 Å². The summed E-state index contributed by atoms with van der Waals surface area (Å²) in [6.07, 6.45) is 24.4. The molecule has 6 atom stereocenters. The van der Waals surface area contributed by atoms with Crippen LogP contribution in [0.1, 0.15) is 83.7 Å². The van der Waals surface area contributed by atoms with E-state index in [0.717, 1.165) is 98.6 Å². The fourth-order valence-corrected chi connectivity index (χ4v) is 10.2. The van der Waals surface area contributed by atoms with E-state index in [0.29, 0.717) is 11.8 Å². The Labute approximate surface area is 283 Å². The fourth-order valence-electron chi connectivity index (χ4n) is 10.2. The molecule has 3 bridgehead atoms. The predicted molar refractivity (Wildman–Crippen MR) is 188 cm³/mol. The number of esters is 2. The summed E-state index contributed by atoms with van der Waals surface area (Å²) < 4.78 is 12.4. The number of benzene rings is 1. The molecular formula is C40H48N4O4. The van der Waals surface area contributed by atoms with Gasteiger partial charge >= 0.3 is 11.9 Å². The number of aromatic amines is 1. The Morgan fingerprint density at radius 1 is 0.917 bits per heavy atom. The highest BCUT2D eigenvalue weighted by Gasteiger charge is 2.67. The summed E-state index contributed by atoms with van der Waals surface area (Å²) in [7, 11) is 0. The second kappa shape index (κ2) is 12.6. The molecule has 2 fully saturated rings. The number of allylic oxidation sites excluding steroid dienone is 4. The maximum atomic E-state index is 13.3. The Balaban J connectivity index is 1.38. The minimum Gasteiger partial charge on any atom is -0.453 e. The van der Waals surface area contributed by atoms with E-state index in [1.54, 1.807) is 6.92 Å². The largest absolute Gasteiger partial charge is 0.453 e. The molecule has 2 saturated heterocycles. The highest BCUT2D eigenvalue weighted by Crippen LogP contribution is 2.62. The van der Waals surface area contributed by atoms with Crippen LogP contribution in [0.2, 0.25) is 0 Å². The van der Waals surface area contributed by atoms with Crippen molar-refractivity contribution < 1.29 is 19.1 Å². The summed E-state index contributed by atoms with van der Waals surface area (Å²) in [4.78, 5) is 39.6. The molecule has 3 aromatic rings. The van der Waals surface area contributed by atoms with Crippen LogP contribution in [0.3, 0.4) is 0 Å². The maximum Gasteiger partial charge on any atom is 0.308 e. The van der Waals surface area contributed by atoms with Gasteiger partial charge in [0.25, 0.3) is 0 Å². The van der Waals surface area contributed by atoms with E-state index < -0.39 is 5.60 Å². The molecule has 6 heterocycles. The van der Waals surface area contributed by atoms with Crippen LogP contribution < -0.4 is 4.74 Å². The van der Waals surface area contributed by atoms with E-state index in [1.807, 2.05) is 24.4 Å². The number of rotatable bonds is 3. The van der Waals surface area contributed by atoms with Crippen molar-refractivity contribution in [3.05, 3.63) is 66.5 Å². The molecule has 0 amide bonds. The highest BCUT2D eigenvalue weighted by atomic mass is 16.6. The summed E-state index contributed by atoms with van der Waals surface area (Å²) in [5.41, 5.74) is 2.92. The van der Waals surface area contributed by atoms with Crippen molar-refractivity contribution in [2.45, 2.75) is 95.7 Å². The molecule has 8 nitrogen and oxygen atoms in total. The molecule has 4 aliphatic heterocycles. The van der Waals surface area contributed by atoms with Gasteiger partial charge in [-0.15, -0.1) is 0 Å². The lowest BCUT2D eigenvalue weighted by Crippen LogP contribution is -2.66. The van der Waals surface area contributed by atoms with Crippen LogP contribution in [0.25, 0.3) is 27.4 Å². The lowest BCUT2D eigenvalue weighted by atomic mass is 9.54. The third-order valence-corrected chi connectivity index (χ3v) is 11.8. The number of piperidine rings is 1. The average Bonchev–Trinajstić information content (AvgIpc) is 3.57. The zero-order valence-electron chi connectivity index (χ0n) is 28.4. The second-order valence-electron chi connectivity index (χ2n) is 14.8. The summed E-state index contributed by atoms with van der Waals surface area (Å²) in [5, 5.41) is 2.04. The molecule has 2 aromatic heterocycles. The number of nitrogens with zero attached hydrogens (tertiary/aromatic N) is 3. The van der Waals surface area contributed by atoms with Crippen molar-refractivity contribution in [1.82, 2.24) is 19.8 Å². The van der Waals surface area contributed by atoms with Crippen LogP contribution in [0.5, 0.6) is 5.75 Å². The first kappa shape index (κ1) is 31.5. The van der Waals surface area contributed by atoms with Gasteiger partial charge in [-0.1, -0.05) is 36.4 Å². The quantitative estimate of drug-likeness (QED) is 0.181. The number of hydrogen-bond donors (Lipinski definition) is 1. The number of nitrogens with one attached hydrogen (secondary N) is 1. The van der Waals surface area contributed by atoms with Gasteiger partial charge in [-0.05, 0) is 114 Å². The van der Waals surface area contributed by atoms with Crippen LogP contribution in [0.4, 0.5) is 0 Å². The summed E-state index contributed by atoms with van der Waals surface area (Å²) in [5.74, 6) is 0.191. The lowest BCUT2D eigenvalue weighted by Gasteiger charge is -2.58. The van der Waals surface area contributed by atoms with Gasteiger partial charge in [0.2, 0.25) is 0 Å². The summed E-state index contributed by atoms with van der Waals surface area (Å²) in [6.45, 7) is 7.18. The monoisotopic (exact) mass is 648 g/mol. The van der Waals surface area contributed by atoms with E-state index in [1.165, 1.54) is 31.8 Å². The third kappa shape index (κ3) is 5.32. The van der Waals surface area contributed by atoms with E-state index in [4.69, 9.17) is 14.5 Å².